The van der Waals surface area contributed by atoms with Gasteiger partial charge in [-0.05, 0) is 43.7 Å². The van der Waals surface area contributed by atoms with Gasteiger partial charge in [-0.3, -0.25) is 4.79 Å². The second-order valence-corrected chi connectivity index (χ2v) is 7.10. The molecule has 8 nitrogen and oxygen atoms in total. The summed E-state index contributed by atoms with van der Waals surface area (Å²) >= 11 is 1.51. The first-order valence-electron chi connectivity index (χ1n) is 8.17. The van der Waals surface area contributed by atoms with Crippen molar-refractivity contribution in [3.8, 4) is 11.6 Å². The van der Waals surface area contributed by atoms with E-state index in [1.807, 2.05) is 34.1 Å². The van der Waals surface area contributed by atoms with E-state index in [1.165, 1.54) is 11.3 Å². The van der Waals surface area contributed by atoms with Gasteiger partial charge in [-0.15, -0.1) is 16.4 Å². The van der Waals surface area contributed by atoms with Crippen molar-refractivity contribution in [2.24, 2.45) is 0 Å². The van der Waals surface area contributed by atoms with E-state index in [2.05, 4.69) is 20.5 Å². The molecule has 130 valence electrons. The minimum absolute atomic E-state index is 0.131. The van der Waals surface area contributed by atoms with Crippen LogP contribution in [0.25, 0.3) is 11.6 Å². The minimum atomic E-state index is 0.131. The van der Waals surface area contributed by atoms with Gasteiger partial charge in [-0.1, -0.05) is 10.4 Å². The fourth-order valence-corrected chi connectivity index (χ4v) is 3.92. The number of hydrogen-bond donors (Lipinski definition) is 0. The van der Waals surface area contributed by atoms with Gasteiger partial charge in [0.2, 0.25) is 0 Å². The zero-order valence-corrected chi connectivity index (χ0v) is 14.9. The molecule has 0 unspecified atom stereocenters. The van der Waals surface area contributed by atoms with Gasteiger partial charge in [0.25, 0.3) is 11.8 Å². The van der Waals surface area contributed by atoms with Crippen molar-refractivity contribution in [3.63, 3.8) is 0 Å². The molecule has 4 rings (SSSR count). The summed E-state index contributed by atoms with van der Waals surface area (Å²) in [7, 11) is 0. The van der Waals surface area contributed by atoms with Crippen LogP contribution in [-0.4, -0.2) is 49.0 Å². The van der Waals surface area contributed by atoms with Crippen molar-refractivity contribution < 1.29 is 9.32 Å². The predicted molar refractivity (Wildman–Crippen MR) is 91.3 cm³/mol. The average molecular weight is 358 g/mol. The molecule has 0 atom stereocenters. The highest BCUT2D eigenvalue weighted by Crippen LogP contribution is 2.26. The van der Waals surface area contributed by atoms with Crippen LogP contribution in [0.1, 0.15) is 39.9 Å². The monoisotopic (exact) mass is 358 g/mol. The molecule has 0 bridgehead atoms. The number of likely N-dealkylation sites (tertiary alicyclic amines) is 1. The fourth-order valence-electron chi connectivity index (χ4n) is 3.02. The maximum absolute atomic E-state index is 12.6. The third-order valence-corrected chi connectivity index (χ3v) is 5.44. The summed E-state index contributed by atoms with van der Waals surface area (Å²) in [5, 5.41) is 14.0. The quantitative estimate of drug-likeness (QED) is 0.714. The maximum atomic E-state index is 12.6. The average Bonchev–Trinajstić information content (AvgIpc) is 3.35. The lowest BCUT2D eigenvalue weighted by Gasteiger charge is -2.31. The van der Waals surface area contributed by atoms with Crippen molar-refractivity contribution in [1.82, 2.24) is 30.0 Å². The van der Waals surface area contributed by atoms with Gasteiger partial charge in [-0.25, -0.2) is 4.68 Å². The van der Waals surface area contributed by atoms with Gasteiger partial charge < -0.3 is 9.42 Å². The highest BCUT2D eigenvalue weighted by atomic mass is 32.1. The highest BCUT2D eigenvalue weighted by molar-refractivity contribution is 7.12. The fraction of sp³-hybridized carbons (Fsp3) is 0.438. The lowest BCUT2D eigenvalue weighted by Crippen LogP contribution is -2.39. The van der Waals surface area contributed by atoms with Crippen LogP contribution in [-0.2, 0) is 0 Å². The van der Waals surface area contributed by atoms with Crippen LogP contribution in [0.2, 0.25) is 0 Å². The third-order valence-electron chi connectivity index (χ3n) is 4.44. The van der Waals surface area contributed by atoms with E-state index >= 15 is 0 Å². The Labute approximate surface area is 148 Å². The van der Waals surface area contributed by atoms with Crippen LogP contribution in [0.3, 0.4) is 0 Å². The van der Waals surface area contributed by atoms with Crippen molar-refractivity contribution >= 4 is 17.2 Å². The van der Waals surface area contributed by atoms with Crippen molar-refractivity contribution in [1.29, 1.82) is 0 Å². The van der Waals surface area contributed by atoms with Crippen LogP contribution in [0.15, 0.2) is 22.2 Å². The molecule has 25 heavy (non-hydrogen) atoms. The van der Waals surface area contributed by atoms with E-state index in [0.29, 0.717) is 17.4 Å². The molecule has 1 saturated heterocycles. The van der Waals surface area contributed by atoms with Crippen LogP contribution in [0, 0.1) is 13.8 Å². The Morgan fingerprint density at radius 1 is 1.32 bits per heavy atom. The molecule has 0 aliphatic carbocycles. The molecule has 0 aromatic carbocycles. The van der Waals surface area contributed by atoms with E-state index in [-0.39, 0.29) is 11.9 Å². The van der Waals surface area contributed by atoms with Crippen molar-refractivity contribution in [3.05, 3.63) is 33.9 Å². The van der Waals surface area contributed by atoms with Crippen molar-refractivity contribution in [2.45, 2.75) is 32.7 Å². The molecule has 4 heterocycles. The van der Waals surface area contributed by atoms with Crippen molar-refractivity contribution in [2.75, 3.05) is 13.1 Å². The molecule has 1 fully saturated rings. The SMILES string of the molecule is Cc1noc(-c2cn(C3CCN(C(=O)c4sccc4C)CC3)nn2)n1. The first kappa shape index (κ1) is 15.9. The number of thiophene rings is 1. The number of hydrogen-bond acceptors (Lipinski definition) is 7. The zero-order valence-electron chi connectivity index (χ0n) is 14.0. The van der Waals surface area contributed by atoms with E-state index in [1.54, 1.807) is 6.92 Å². The molecule has 1 amide bonds. The molecule has 3 aromatic heterocycles. The highest BCUT2D eigenvalue weighted by Gasteiger charge is 2.27. The second-order valence-electron chi connectivity index (χ2n) is 6.19. The largest absolute Gasteiger partial charge is 0.338 e. The topological polar surface area (TPSA) is 89.9 Å². The molecule has 1 aliphatic heterocycles. The Balaban J connectivity index is 1.41. The zero-order chi connectivity index (χ0) is 17.4. The van der Waals surface area contributed by atoms with E-state index in [4.69, 9.17) is 4.52 Å². The molecule has 1 aliphatic rings. The Hall–Kier alpha value is -2.55. The summed E-state index contributed by atoms with van der Waals surface area (Å²) in [6, 6.07) is 2.21. The Morgan fingerprint density at radius 3 is 2.76 bits per heavy atom. The van der Waals surface area contributed by atoms with Gasteiger partial charge in [0.05, 0.1) is 17.1 Å². The molecule has 0 saturated carbocycles. The number of nitrogens with zero attached hydrogens (tertiary/aromatic N) is 6. The van der Waals surface area contributed by atoms with E-state index < -0.39 is 0 Å². The van der Waals surface area contributed by atoms with Crippen LogP contribution in [0.5, 0.6) is 0 Å². The number of amides is 1. The number of aromatic nitrogens is 5. The van der Waals surface area contributed by atoms with Gasteiger partial charge in [-0.2, -0.15) is 4.98 Å². The van der Waals surface area contributed by atoms with Crippen LogP contribution >= 0.6 is 11.3 Å². The smallest absolute Gasteiger partial charge is 0.280 e. The van der Waals surface area contributed by atoms with E-state index in [9.17, 15) is 4.79 Å². The molecule has 0 spiro atoms. The second kappa shape index (κ2) is 6.40. The predicted octanol–water partition coefficient (Wildman–Crippen LogP) is 2.48. The lowest BCUT2D eigenvalue weighted by atomic mass is 10.0. The number of carbonyl (C=O) groups excluding carboxylic acids is 1. The van der Waals surface area contributed by atoms with Gasteiger partial charge in [0, 0.05) is 13.1 Å². The number of aryl methyl sites for hydroxylation is 2. The van der Waals surface area contributed by atoms with Gasteiger partial charge >= 0.3 is 0 Å². The minimum Gasteiger partial charge on any atom is -0.338 e. The third kappa shape index (κ3) is 3.07. The Kier molecular flexibility index (Phi) is 4.08. The molecule has 0 radical (unpaired) electrons. The molecular weight excluding hydrogens is 340 g/mol. The standard InChI is InChI=1S/C16H18N6O2S/c1-10-5-8-25-14(10)16(23)21-6-3-12(4-7-21)22-9-13(18-20-22)15-17-11(2)19-24-15/h5,8-9,12H,3-4,6-7H2,1-2H3. The molecular formula is C16H18N6O2S. The summed E-state index contributed by atoms with van der Waals surface area (Å²) < 4.78 is 6.96. The molecule has 9 heteroatoms. The maximum Gasteiger partial charge on any atom is 0.280 e. The summed E-state index contributed by atoms with van der Waals surface area (Å²) in [6.07, 6.45) is 3.53. The summed E-state index contributed by atoms with van der Waals surface area (Å²) in [5.74, 6) is 1.08. The van der Waals surface area contributed by atoms with Gasteiger partial charge in [0.15, 0.2) is 11.5 Å². The first-order valence-corrected chi connectivity index (χ1v) is 9.05. The van der Waals surface area contributed by atoms with Crippen LogP contribution < -0.4 is 0 Å². The normalized spacial score (nSPS) is 15.7. The number of piperidine rings is 1. The summed E-state index contributed by atoms with van der Waals surface area (Å²) in [5.41, 5.74) is 1.63. The van der Waals surface area contributed by atoms with E-state index in [0.717, 1.165) is 36.4 Å². The summed E-state index contributed by atoms with van der Waals surface area (Å²) in [6.45, 7) is 5.18. The Morgan fingerprint density at radius 2 is 2.12 bits per heavy atom. The number of rotatable bonds is 3. The first-order chi connectivity index (χ1) is 12.1. The van der Waals surface area contributed by atoms with Crippen LogP contribution in [0.4, 0.5) is 0 Å². The summed E-state index contributed by atoms with van der Waals surface area (Å²) in [4.78, 5) is 19.5. The van der Waals surface area contributed by atoms with Gasteiger partial charge in [0.1, 0.15) is 0 Å². The lowest BCUT2D eigenvalue weighted by molar-refractivity contribution is 0.0693. The molecule has 3 aromatic rings. The molecule has 0 N–H and O–H groups in total. The number of carbonyl (C=O) groups is 1. The Bertz CT molecular complexity index is 890.